The molecule has 0 aromatic heterocycles. The number of rotatable bonds is 16. The number of aliphatic hydroxyl groups is 2. The highest BCUT2D eigenvalue weighted by atomic mass is 16.5. The van der Waals surface area contributed by atoms with Crippen LogP contribution in [0.2, 0.25) is 0 Å². The minimum atomic E-state index is -1.10. The van der Waals surface area contributed by atoms with Crippen molar-refractivity contribution in [2.24, 2.45) is 0 Å². The zero-order valence-corrected chi connectivity index (χ0v) is 18.9. The Morgan fingerprint density at radius 1 is 0.630 bits per heavy atom. The first-order chi connectivity index (χ1) is 13.0. The van der Waals surface area contributed by atoms with Crippen molar-refractivity contribution in [1.82, 2.24) is 0 Å². The number of hydrogen-bond donors (Lipinski definition) is 2. The summed E-state index contributed by atoms with van der Waals surface area (Å²) in [6.07, 6.45) is 19.0. The molecule has 0 heterocycles. The average Bonchev–Trinajstić information content (AvgIpc) is 2.67. The lowest BCUT2D eigenvalue weighted by Crippen LogP contribution is -2.02. The van der Waals surface area contributed by atoms with Crippen LogP contribution in [0.3, 0.4) is 0 Å². The molecule has 0 radical (unpaired) electrons. The van der Waals surface area contributed by atoms with E-state index in [1.807, 2.05) is 12.5 Å². The predicted octanol–water partition coefficient (Wildman–Crippen LogP) is 7.63. The largest absolute Gasteiger partial charge is 0.473 e. The molecule has 0 unspecified atom stereocenters. The van der Waals surface area contributed by atoms with Gasteiger partial charge in [0.15, 0.2) is 6.29 Å². The fourth-order valence-electron chi connectivity index (χ4n) is 2.70. The van der Waals surface area contributed by atoms with Crippen LogP contribution in [0, 0.1) is 0 Å². The van der Waals surface area contributed by atoms with Crippen molar-refractivity contribution in [3.63, 3.8) is 0 Å². The molecule has 0 aliphatic rings. The van der Waals surface area contributed by atoms with Crippen LogP contribution in [0.5, 0.6) is 0 Å². The third-order valence-electron chi connectivity index (χ3n) is 4.85. The second-order valence-electron chi connectivity index (χ2n) is 7.20. The van der Waals surface area contributed by atoms with Gasteiger partial charge in [-0.25, -0.2) is 0 Å². The summed E-state index contributed by atoms with van der Waals surface area (Å²) in [5.41, 5.74) is 2.73. The smallest absolute Gasteiger partial charge is 0.151 e. The molecule has 0 atom stereocenters. The van der Waals surface area contributed by atoms with Crippen molar-refractivity contribution in [2.45, 2.75) is 131 Å². The molecule has 0 aromatic rings. The van der Waals surface area contributed by atoms with Crippen molar-refractivity contribution in [3.05, 3.63) is 23.7 Å². The molecule has 162 valence electrons. The summed E-state index contributed by atoms with van der Waals surface area (Å²) < 4.78 is 5.40. The summed E-state index contributed by atoms with van der Waals surface area (Å²) in [6.45, 7) is 10.9. The molecule has 0 aliphatic heterocycles. The van der Waals surface area contributed by atoms with Crippen LogP contribution in [0.1, 0.15) is 125 Å². The minimum Gasteiger partial charge on any atom is -0.473 e. The Balaban J connectivity index is 0. The highest BCUT2D eigenvalue weighted by Crippen LogP contribution is 2.11. The van der Waals surface area contributed by atoms with E-state index in [0.717, 1.165) is 38.5 Å². The first-order valence-electron chi connectivity index (χ1n) is 11.4. The Kier molecular flexibility index (Phi) is 24.5. The van der Waals surface area contributed by atoms with Gasteiger partial charge in [0.1, 0.15) is 0 Å². The van der Waals surface area contributed by atoms with E-state index in [4.69, 9.17) is 14.9 Å². The number of ether oxygens (including phenoxy) is 1. The van der Waals surface area contributed by atoms with Gasteiger partial charge in [-0.15, -0.1) is 0 Å². The highest BCUT2D eigenvalue weighted by Gasteiger charge is 1.96. The summed E-state index contributed by atoms with van der Waals surface area (Å²) in [7, 11) is 0. The summed E-state index contributed by atoms with van der Waals surface area (Å²) in [6, 6.07) is 0. The molecule has 0 bridgehead atoms. The van der Waals surface area contributed by atoms with Crippen molar-refractivity contribution in [1.29, 1.82) is 0 Å². The Morgan fingerprint density at radius 2 is 1.00 bits per heavy atom. The molecule has 0 aliphatic carbocycles. The fourth-order valence-corrected chi connectivity index (χ4v) is 2.70. The van der Waals surface area contributed by atoms with Crippen LogP contribution in [0.25, 0.3) is 0 Å². The molecular weight excluding hydrogens is 336 g/mol. The lowest BCUT2D eigenvalue weighted by atomic mass is 10.1. The number of aliphatic hydroxyl groups excluding tert-OH is 1. The average molecular weight is 385 g/mol. The van der Waals surface area contributed by atoms with Crippen molar-refractivity contribution in [3.8, 4) is 0 Å². The molecule has 0 saturated carbocycles. The van der Waals surface area contributed by atoms with Gasteiger partial charge in [0.25, 0.3) is 0 Å². The normalized spacial score (nSPS) is 10.2. The Hall–Kier alpha value is -0.800. The van der Waals surface area contributed by atoms with E-state index in [2.05, 4.69) is 34.6 Å². The summed E-state index contributed by atoms with van der Waals surface area (Å²) in [5, 5.41) is 17.2. The summed E-state index contributed by atoms with van der Waals surface area (Å²) >= 11 is 0. The van der Waals surface area contributed by atoms with Gasteiger partial charge in [-0.2, -0.15) is 0 Å². The van der Waals surface area contributed by atoms with E-state index >= 15 is 0 Å². The maximum Gasteiger partial charge on any atom is 0.151 e. The molecular formula is C24H48O3. The molecule has 3 nitrogen and oxygen atoms in total. The molecule has 0 fully saturated rings. The van der Waals surface area contributed by atoms with Gasteiger partial charge in [0.05, 0.1) is 12.5 Å². The van der Waals surface area contributed by atoms with E-state index in [1.165, 1.54) is 56.1 Å². The molecule has 0 spiro atoms. The lowest BCUT2D eigenvalue weighted by molar-refractivity contribution is -0.0466. The van der Waals surface area contributed by atoms with Gasteiger partial charge in [-0.1, -0.05) is 86.0 Å². The van der Waals surface area contributed by atoms with Crippen molar-refractivity contribution >= 4 is 0 Å². The lowest BCUT2D eigenvalue weighted by Gasteiger charge is -2.03. The van der Waals surface area contributed by atoms with Crippen molar-refractivity contribution in [2.75, 3.05) is 0 Å². The van der Waals surface area contributed by atoms with E-state index in [1.54, 1.807) is 0 Å². The monoisotopic (exact) mass is 384 g/mol. The Morgan fingerprint density at radius 3 is 1.33 bits per heavy atom. The van der Waals surface area contributed by atoms with Crippen LogP contribution in [-0.4, -0.2) is 16.5 Å². The third-order valence-corrected chi connectivity index (χ3v) is 4.85. The van der Waals surface area contributed by atoms with Gasteiger partial charge in [-0.05, 0) is 49.7 Å². The second-order valence-corrected chi connectivity index (χ2v) is 7.20. The van der Waals surface area contributed by atoms with Crippen LogP contribution < -0.4 is 0 Å². The number of hydrogen-bond acceptors (Lipinski definition) is 3. The molecule has 27 heavy (non-hydrogen) atoms. The van der Waals surface area contributed by atoms with Gasteiger partial charge in [-0.3, -0.25) is 0 Å². The topological polar surface area (TPSA) is 49.7 Å². The van der Waals surface area contributed by atoms with Crippen LogP contribution in [-0.2, 0) is 4.74 Å². The predicted molar refractivity (Wildman–Crippen MR) is 118 cm³/mol. The standard InChI is InChI=1S/C12H26O2.C12H22O/c1-2-3-4-5-6-7-8-9-10-11-12(13)14;1-5-11(6-2)9-13-10-12(7-3)8-4/h12-14H,2-11H2,1H3;9-10H,5-8H2,1-4H3. The van der Waals surface area contributed by atoms with Crippen molar-refractivity contribution < 1.29 is 14.9 Å². The maximum absolute atomic E-state index is 8.61. The first-order valence-corrected chi connectivity index (χ1v) is 11.4. The van der Waals surface area contributed by atoms with Gasteiger partial charge in [0, 0.05) is 0 Å². The fraction of sp³-hybridized carbons (Fsp3) is 0.833. The molecule has 0 rings (SSSR count). The zero-order valence-electron chi connectivity index (χ0n) is 18.9. The van der Waals surface area contributed by atoms with Gasteiger partial charge >= 0.3 is 0 Å². The number of allylic oxidation sites excluding steroid dienone is 2. The maximum atomic E-state index is 8.61. The van der Waals surface area contributed by atoms with E-state index in [-0.39, 0.29) is 0 Å². The molecule has 2 N–H and O–H groups in total. The van der Waals surface area contributed by atoms with Gasteiger partial charge < -0.3 is 14.9 Å². The summed E-state index contributed by atoms with van der Waals surface area (Å²) in [5.74, 6) is 0. The first kappa shape index (κ1) is 28.4. The zero-order chi connectivity index (χ0) is 20.8. The Labute approximate surface area is 169 Å². The number of unbranched alkanes of at least 4 members (excludes halogenated alkanes) is 8. The van der Waals surface area contributed by atoms with Gasteiger partial charge in [0.2, 0.25) is 0 Å². The Bertz CT molecular complexity index is 314. The van der Waals surface area contributed by atoms with Crippen LogP contribution in [0.15, 0.2) is 23.7 Å². The van der Waals surface area contributed by atoms with Crippen LogP contribution >= 0.6 is 0 Å². The van der Waals surface area contributed by atoms with E-state index < -0.39 is 6.29 Å². The second kappa shape index (κ2) is 23.2. The highest BCUT2D eigenvalue weighted by molar-refractivity contribution is 5.00. The minimum absolute atomic E-state index is 0.538. The summed E-state index contributed by atoms with van der Waals surface area (Å²) in [4.78, 5) is 0. The quantitative estimate of drug-likeness (QED) is 0.163. The molecule has 0 saturated heterocycles. The van der Waals surface area contributed by atoms with Crippen LogP contribution in [0.4, 0.5) is 0 Å². The molecule has 0 amide bonds. The third kappa shape index (κ3) is 23.2. The SMILES string of the molecule is CCC(=COC=C(CC)CC)CC.CCCCCCCCCCCC(O)O. The van der Waals surface area contributed by atoms with E-state index in [9.17, 15) is 0 Å². The molecule has 3 heteroatoms. The van der Waals surface area contributed by atoms with E-state index in [0.29, 0.717) is 6.42 Å². The molecule has 0 aromatic carbocycles.